The highest BCUT2D eigenvalue weighted by atomic mass is 32.1. The summed E-state index contributed by atoms with van der Waals surface area (Å²) in [6, 6.07) is 7.97. The summed E-state index contributed by atoms with van der Waals surface area (Å²) in [5.74, 6) is 0.882. The molecular weight excluding hydrogens is 222 g/mol. The molecule has 1 atom stereocenters. The molecule has 1 aromatic heterocycles. The van der Waals surface area contributed by atoms with E-state index in [1.807, 2.05) is 29.6 Å². The Morgan fingerprint density at radius 3 is 3.06 bits per heavy atom. The molecule has 0 bridgehead atoms. The molecule has 3 rings (SSSR count). The molecule has 1 aliphatic rings. The molecule has 0 radical (unpaired) electrons. The molecule has 0 saturated carbocycles. The van der Waals surface area contributed by atoms with Crippen molar-refractivity contribution in [2.24, 2.45) is 0 Å². The van der Waals surface area contributed by atoms with Gasteiger partial charge in [0.05, 0.1) is 12.2 Å². The lowest BCUT2D eigenvalue weighted by Crippen LogP contribution is -2.04. The van der Waals surface area contributed by atoms with Crippen LogP contribution in [0.2, 0.25) is 0 Å². The lowest BCUT2D eigenvalue weighted by atomic mass is 10.2. The van der Waals surface area contributed by atoms with Gasteiger partial charge >= 0.3 is 0 Å². The molecule has 82 valence electrons. The van der Waals surface area contributed by atoms with Crippen LogP contribution in [-0.4, -0.2) is 24.3 Å². The summed E-state index contributed by atoms with van der Waals surface area (Å²) in [5.41, 5.74) is 1.05. The number of hydrogen-bond donors (Lipinski definition) is 0. The van der Waals surface area contributed by atoms with Crippen molar-refractivity contribution < 1.29 is 9.47 Å². The van der Waals surface area contributed by atoms with Crippen LogP contribution in [0.25, 0.3) is 10.6 Å². The minimum atomic E-state index is 0.282. The molecule has 1 aromatic carbocycles. The van der Waals surface area contributed by atoms with Crippen molar-refractivity contribution in [1.29, 1.82) is 0 Å². The van der Waals surface area contributed by atoms with E-state index in [4.69, 9.17) is 9.47 Å². The van der Waals surface area contributed by atoms with Gasteiger partial charge in [0.15, 0.2) is 0 Å². The van der Waals surface area contributed by atoms with E-state index in [2.05, 4.69) is 4.98 Å². The molecule has 0 aliphatic carbocycles. The Morgan fingerprint density at radius 2 is 2.31 bits per heavy atom. The van der Waals surface area contributed by atoms with Crippen LogP contribution in [0, 0.1) is 0 Å². The molecule has 0 N–H and O–H groups in total. The second-order valence-electron chi connectivity index (χ2n) is 3.60. The summed E-state index contributed by atoms with van der Waals surface area (Å²) in [7, 11) is 0. The third-order valence-electron chi connectivity index (χ3n) is 2.38. The maximum Gasteiger partial charge on any atom is 0.129 e. The van der Waals surface area contributed by atoms with E-state index < -0.39 is 0 Å². The van der Waals surface area contributed by atoms with E-state index in [1.165, 1.54) is 0 Å². The van der Waals surface area contributed by atoms with Crippen LogP contribution in [0.4, 0.5) is 0 Å². The molecule has 4 heteroatoms. The first-order chi connectivity index (χ1) is 7.93. The molecule has 0 unspecified atom stereocenters. The van der Waals surface area contributed by atoms with E-state index in [9.17, 15) is 0 Å². The van der Waals surface area contributed by atoms with Gasteiger partial charge < -0.3 is 9.47 Å². The van der Waals surface area contributed by atoms with Gasteiger partial charge in [-0.1, -0.05) is 12.1 Å². The maximum atomic E-state index is 5.73. The quantitative estimate of drug-likeness (QED) is 0.761. The van der Waals surface area contributed by atoms with Crippen LogP contribution in [-0.2, 0) is 4.74 Å². The van der Waals surface area contributed by atoms with Gasteiger partial charge in [0.2, 0.25) is 0 Å². The molecular formula is C12H11NO2S. The SMILES string of the molecule is c1ccc(-c2nccs2)c(OC[C@@H]2CO2)c1. The van der Waals surface area contributed by atoms with Crippen molar-refractivity contribution in [2.75, 3.05) is 13.2 Å². The van der Waals surface area contributed by atoms with Crippen molar-refractivity contribution >= 4 is 11.3 Å². The first-order valence-electron chi connectivity index (χ1n) is 5.17. The highest BCUT2D eigenvalue weighted by Crippen LogP contribution is 2.31. The zero-order valence-electron chi connectivity index (χ0n) is 8.63. The number of rotatable bonds is 4. The Labute approximate surface area is 97.7 Å². The third kappa shape index (κ3) is 2.08. The highest BCUT2D eigenvalue weighted by Gasteiger charge is 2.23. The summed E-state index contributed by atoms with van der Waals surface area (Å²) in [5, 5.41) is 2.96. The van der Waals surface area contributed by atoms with Crippen molar-refractivity contribution in [1.82, 2.24) is 4.98 Å². The summed E-state index contributed by atoms with van der Waals surface area (Å²) < 4.78 is 10.8. The van der Waals surface area contributed by atoms with Gasteiger partial charge in [0.1, 0.15) is 23.5 Å². The van der Waals surface area contributed by atoms with Crippen LogP contribution in [0.3, 0.4) is 0 Å². The van der Waals surface area contributed by atoms with Gasteiger partial charge in [-0.05, 0) is 12.1 Å². The summed E-state index contributed by atoms with van der Waals surface area (Å²) in [6.07, 6.45) is 2.09. The monoisotopic (exact) mass is 233 g/mol. The number of ether oxygens (including phenoxy) is 2. The van der Waals surface area contributed by atoms with Crippen molar-refractivity contribution in [3.63, 3.8) is 0 Å². The zero-order valence-corrected chi connectivity index (χ0v) is 9.44. The molecule has 1 aliphatic heterocycles. The maximum absolute atomic E-state index is 5.73. The van der Waals surface area contributed by atoms with Crippen LogP contribution < -0.4 is 4.74 Å². The number of nitrogens with zero attached hydrogens (tertiary/aromatic N) is 1. The van der Waals surface area contributed by atoms with Gasteiger partial charge in [-0.15, -0.1) is 11.3 Å². The highest BCUT2D eigenvalue weighted by molar-refractivity contribution is 7.13. The van der Waals surface area contributed by atoms with Gasteiger partial charge in [0, 0.05) is 11.6 Å². The largest absolute Gasteiger partial charge is 0.490 e. The first kappa shape index (κ1) is 9.81. The normalized spacial score (nSPS) is 18.4. The molecule has 1 fully saturated rings. The molecule has 2 heterocycles. The number of para-hydroxylation sites is 1. The minimum Gasteiger partial charge on any atom is -0.490 e. The summed E-state index contributed by atoms with van der Waals surface area (Å²) in [4.78, 5) is 4.30. The van der Waals surface area contributed by atoms with Crippen molar-refractivity contribution in [2.45, 2.75) is 6.10 Å². The molecule has 0 spiro atoms. The van der Waals surface area contributed by atoms with E-state index in [0.717, 1.165) is 22.9 Å². The van der Waals surface area contributed by atoms with Gasteiger partial charge in [0.25, 0.3) is 0 Å². The predicted octanol–water partition coefficient (Wildman–Crippen LogP) is 2.59. The fraction of sp³-hybridized carbons (Fsp3) is 0.250. The van der Waals surface area contributed by atoms with Crippen molar-refractivity contribution in [3.8, 4) is 16.3 Å². The molecule has 2 aromatic rings. The topological polar surface area (TPSA) is 34.6 Å². The first-order valence-corrected chi connectivity index (χ1v) is 6.05. The molecule has 3 nitrogen and oxygen atoms in total. The van der Waals surface area contributed by atoms with E-state index in [-0.39, 0.29) is 6.10 Å². The Balaban J connectivity index is 1.85. The predicted molar refractivity (Wildman–Crippen MR) is 62.8 cm³/mol. The molecule has 1 saturated heterocycles. The standard InChI is InChI=1S/C12H11NO2S/c1-2-4-11(15-8-9-7-14-9)10(3-1)12-13-5-6-16-12/h1-6,9H,7-8H2/t9-/m0/s1. The third-order valence-corrected chi connectivity index (χ3v) is 3.18. The Bertz CT molecular complexity index is 466. The lowest BCUT2D eigenvalue weighted by Gasteiger charge is -2.08. The summed E-state index contributed by atoms with van der Waals surface area (Å²) in [6.45, 7) is 1.45. The average molecular weight is 233 g/mol. The molecule has 0 amide bonds. The number of thiazole rings is 1. The van der Waals surface area contributed by atoms with E-state index in [0.29, 0.717) is 6.61 Å². The number of epoxide rings is 1. The lowest BCUT2D eigenvalue weighted by molar-refractivity contribution is 0.264. The number of aromatic nitrogens is 1. The van der Waals surface area contributed by atoms with E-state index in [1.54, 1.807) is 17.5 Å². The van der Waals surface area contributed by atoms with Crippen LogP contribution in [0.1, 0.15) is 0 Å². The molecule has 16 heavy (non-hydrogen) atoms. The van der Waals surface area contributed by atoms with Gasteiger partial charge in [-0.25, -0.2) is 4.98 Å². The fourth-order valence-electron chi connectivity index (χ4n) is 1.47. The van der Waals surface area contributed by atoms with Gasteiger partial charge in [-0.3, -0.25) is 0 Å². The second-order valence-corrected chi connectivity index (χ2v) is 4.49. The van der Waals surface area contributed by atoms with E-state index >= 15 is 0 Å². The van der Waals surface area contributed by atoms with Crippen LogP contribution >= 0.6 is 11.3 Å². The average Bonchev–Trinajstić information content (AvgIpc) is 3.00. The zero-order chi connectivity index (χ0) is 10.8. The van der Waals surface area contributed by atoms with Crippen LogP contribution in [0.5, 0.6) is 5.75 Å². The minimum absolute atomic E-state index is 0.282. The van der Waals surface area contributed by atoms with Gasteiger partial charge in [-0.2, -0.15) is 0 Å². The Morgan fingerprint density at radius 1 is 1.44 bits per heavy atom. The van der Waals surface area contributed by atoms with Crippen LogP contribution in [0.15, 0.2) is 35.8 Å². The number of hydrogen-bond acceptors (Lipinski definition) is 4. The Hall–Kier alpha value is -1.39. The van der Waals surface area contributed by atoms with Crippen molar-refractivity contribution in [3.05, 3.63) is 35.8 Å². The smallest absolute Gasteiger partial charge is 0.129 e. The Kier molecular flexibility index (Phi) is 2.60. The fourth-order valence-corrected chi connectivity index (χ4v) is 2.14. The second kappa shape index (κ2) is 4.23. The summed E-state index contributed by atoms with van der Waals surface area (Å²) >= 11 is 1.62. The number of benzene rings is 1.